The largest absolute Gasteiger partial charge is 0.356 e. The number of aryl methyl sites for hydroxylation is 1. The monoisotopic (exact) mass is 420 g/mol. The third-order valence-corrected chi connectivity index (χ3v) is 8.76. The molecule has 152 valence electrons. The molecule has 1 fully saturated rings. The molecule has 5 nitrogen and oxygen atoms in total. The molecule has 1 N–H and O–H groups in total. The number of nitrogens with one attached hydrogen (secondary N) is 1. The molecule has 1 aliphatic rings. The molecule has 0 radical (unpaired) electrons. The van der Waals surface area contributed by atoms with Gasteiger partial charge in [-0.2, -0.15) is 4.31 Å². The smallest absolute Gasteiger partial charge is 0.252 e. The zero-order valence-electron chi connectivity index (χ0n) is 16.2. The zero-order valence-corrected chi connectivity index (χ0v) is 17.8. The van der Waals surface area contributed by atoms with E-state index in [0.29, 0.717) is 23.8 Å². The maximum atomic E-state index is 12.6. The number of thiophene rings is 1. The Morgan fingerprint density at radius 1 is 1.18 bits per heavy atom. The van der Waals surface area contributed by atoms with Gasteiger partial charge in [-0.05, 0) is 48.6 Å². The van der Waals surface area contributed by atoms with Gasteiger partial charge < -0.3 is 5.32 Å². The molecule has 1 aliphatic heterocycles. The van der Waals surface area contributed by atoms with E-state index >= 15 is 0 Å². The molecule has 28 heavy (non-hydrogen) atoms. The first-order valence-electron chi connectivity index (χ1n) is 9.84. The number of hydrogen-bond donors (Lipinski definition) is 1. The Bertz CT molecular complexity index is 843. The minimum absolute atomic E-state index is 0.0765. The van der Waals surface area contributed by atoms with Crippen LogP contribution < -0.4 is 5.32 Å². The fourth-order valence-electron chi connectivity index (χ4n) is 3.68. The second kappa shape index (κ2) is 9.67. The summed E-state index contributed by atoms with van der Waals surface area (Å²) in [5.41, 5.74) is 1.28. The summed E-state index contributed by atoms with van der Waals surface area (Å²) in [6.45, 7) is 3.59. The minimum Gasteiger partial charge on any atom is -0.356 e. The van der Waals surface area contributed by atoms with Crippen LogP contribution in [0, 0.1) is 11.8 Å². The van der Waals surface area contributed by atoms with Crippen molar-refractivity contribution in [2.24, 2.45) is 11.8 Å². The third-order valence-electron chi connectivity index (χ3n) is 5.49. The van der Waals surface area contributed by atoms with Crippen molar-refractivity contribution >= 4 is 27.3 Å². The van der Waals surface area contributed by atoms with Crippen molar-refractivity contribution in [3.8, 4) is 0 Å². The lowest BCUT2D eigenvalue weighted by Crippen LogP contribution is -2.42. The Labute approximate surface area is 171 Å². The van der Waals surface area contributed by atoms with Gasteiger partial charge in [0.2, 0.25) is 5.91 Å². The summed E-state index contributed by atoms with van der Waals surface area (Å²) < 4.78 is 27.2. The molecule has 1 aromatic heterocycles. The SMILES string of the molecule is C[C@@H](C(=O)NCCCc1ccccc1)C1CCN(S(=O)(=O)c2cccs2)CC1. The average molecular weight is 421 g/mol. The molecule has 0 bridgehead atoms. The normalized spacial score (nSPS) is 17.3. The van der Waals surface area contributed by atoms with E-state index in [1.807, 2.05) is 25.1 Å². The fraction of sp³-hybridized carbons (Fsp3) is 0.476. The Kier molecular flexibility index (Phi) is 7.26. The van der Waals surface area contributed by atoms with Gasteiger partial charge in [0, 0.05) is 25.6 Å². The van der Waals surface area contributed by atoms with E-state index in [2.05, 4.69) is 17.4 Å². The highest BCUT2D eigenvalue weighted by atomic mass is 32.2. The summed E-state index contributed by atoms with van der Waals surface area (Å²) in [5.74, 6) is 0.208. The lowest BCUT2D eigenvalue weighted by molar-refractivity contribution is -0.126. The van der Waals surface area contributed by atoms with Crippen LogP contribution in [-0.4, -0.2) is 38.3 Å². The maximum Gasteiger partial charge on any atom is 0.252 e. The van der Waals surface area contributed by atoms with Crippen LogP contribution in [0.25, 0.3) is 0 Å². The van der Waals surface area contributed by atoms with E-state index in [4.69, 9.17) is 0 Å². The number of carbonyl (C=O) groups excluding carboxylic acids is 1. The summed E-state index contributed by atoms with van der Waals surface area (Å²) in [6, 6.07) is 13.7. The van der Waals surface area contributed by atoms with Crippen LogP contribution in [-0.2, 0) is 21.2 Å². The molecule has 2 heterocycles. The molecular formula is C21H28N2O3S2. The minimum atomic E-state index is -3.38. The summed E-state index contributed by atoms with van der Waals surface area (Å²) in [7, 11) is -3.38. The van der Waals surface area contributed by atoms with Crippen LogP contribution in [0.15, 0.2) is 52.1 Å². The zero-order chi connectivity index (χ0) is 20.0. The Hall–Kier alpha value is -1.70. The predicted molar refractivity (Wildman–Crippen MR) is 113 cm³/mol. The van der Waals surface area contributed by atoms with Crippen LogP contribution >= 0.6 is 11.3 Å². The van der Waals surface area contributed by atoms with Crippen LogP contribution in [0.5, 0.6) is 0 Å². The van der Waals surface area contributed by atoms with Crippen LogP contribution in [0.1, 0.15) is 31.7 Å². The van der Waals surface area contributed by atoms with Crippen LogP contribution in [0.4, 0.5) is 0 Å². The molecule has 0 saturated carbocycles. The Balaban J connectivity index is 1.41. The first-order valence-corrected chi connectivity index (χ1v) is 12.2. The summed E-state index contributed by atoms with van der Waals surface area (Å²) in [6.07, 6.45) is 3.32. The van der Waals surface area contributed by atoms with Gasteiger partial charge in [0.1, 0.15) is 4.21 Å². The summed E-state index contributed by atoms with van der Waals surface area (Å²) in [4.78, 5) is 12.5. The average Bonchev–Trinajstić information content (AvgIpc) is 3.27. The molecule has 2 aromatic rings. The van der Waals surface area contributed by atoms with Gasteiger partial charge in [-0.25, -0.2) is 8.42 Å². The molecule has 1 atom stereocenters. The van der Waals surface area contributed by atoms with Crippen molar-refractivity contribution in [3.63, 3.8) is 0 Å². The summed E-state index contributed by atoms with van der Waals surface area (Å²) in [5, 5.41) is 4.83. The molecule has 7 heteroatoms. The van der Waals surface area contributed by atoms with Crippen molar-refractivity contribution in [2.75, 3.05) is 19.6 Å². The maximum absolute atomic E-state index is 12.6. The van der Waals surface area contributed by atoms with Gasteiger partial charge in [0.25, 0.3) is 10.0 Å². The first-order chi connectivity index (χ1) is 13.5. The van der Waals surface area contributed by atoms with E-state index in [-0.39, 0.29) is 17.7 Å². The van der Waals surface area contributed by atoms with E-state index in [0.717, 1.165) is 25.7 Å². The highest BCUT2D eigenvalue weighted by molar-refractivity contribution is 7.91. The van der Waals surface area contributed by atoms with Crippen LogP contribution in [0.3, 0.4) is 0 Å². The third kappa shape index (κ3) is 5.21. The topological polar surface area (TPSA) is 66.5 Å². The molecule has 0 unspecified atom stereocenters. The molecule has 1 aromatic carbocycles. The van der Waals surface area contributed by atoms with Crippen molar-refractivity contribution in [3.05, 3.63) is 53.4 Å². The lowest BCUT2D eigenvalue weighted by Gasteiger charge is -2.33. The van der Waals surface area contributed by atoms with Crippen molar-refractivity contribution < 1.29 is 13.2 Å². The van der Waals surface area contributed by atoms with E-state index in [1.54, 1.807) is 21.8 Å². The van der Waals surface area contributed by atoms with Gasteiger partial charge >= 0.3 is 0 Å². The second-order valence-electron chi connectivity index (χ2n) is 7.34. The molecular weight excluding hydrogens is 392 g/mol. The first kappa shape index (κ1) is 21.0. The predicted octanol–water partition coefficient (Wildman–Crippen LogP) is 3.53. The number of rotatable bonds is 8. The van der Waals surface area contributed by atoms with E-state index < -0.39 is 10.0 Å². The van der Waals surface area contributed by atoms with Gasteiger partial charge in [0.05, 0.1) is 0 Å². The number of hydrogen-bond acceptors (Lipinski definition) is 4. The highest BCUT2D eigenvalue weighted by Crippen LogP contribution is 2.29. The molecule has 1 saturated heterocycles. The van der Waals surface area contributed by atoms with E-state index in [1.165, 1.54) is 16.9 Å². The number of nitrogens with zero attached hydrogens (tertiary/aromatic N) is 1. The quantitative estimate of drug-likeness (QED) is 0.665. The van der Waals surface area contributed by atoms with Crippen molar-refractivity contribution in [1.82, 2.24) is 9.62 Å². The Morgan fingerprint density at radius 3 is 2.54 bits per heavy atom. The van der Waals surface area contributed by atoms with E-state index in [9.17, 15) is 13.2 Å². The molecule has 0 spiro atoms. The number of amides is 1. The van der Waals surface area contributed by atoms with Gasteiger partial charge in [-0.3, -0.25) is 4.79 Å². The molecule has 0 aliphatic carbocycles. The second-order valence-corrected chi connectivity index (χ2v) is 10.5. The van der Waals surface area contributed by atoms with Crippen molar-refractivity contribution in [2.45, 2.75) is 36.8 Å². The van der Waals surface area contributed by atoms with Gasteiger partial charge in [-0.1, -0.05) is 43.3 Å². The molecule has 1 amide bonds. The number of sulfonamides is 1. The van der Waals surface area contributed by atoms with Crippen LogP contribution in [0.2, 0.25) is 0 Å². The number of carbonyl (C=O) groups is 1. The lowest BCUT2D eigenvalue weighted by atomic mass is 9.85. The standard InChI is InChI=1S/C21H28N2O3S2/c1-17(21(24)22-13-5-9-18-7-3-2-4-8-18)19-11-14-23(15-12-19)28(25,26)20-10-6-16-27-20/h2-4,6-8,10,16-17,19H,5,9,11-15H2,1H3,(H,22,24)/t17-/m1/s1. The molecule has 3 rings (SSSR count). The van der Waals surface area contributed by atoms with Crippen molar-refractivity contribution in [1.29, 1.82) is 0 Å². The van der Waals surface area contributed by atoms with Gasteiger partial charge in [-0.15, -0.1) is 11.3 Å². The fourth-order valence-corrected chi connectivity index (χ4v) is 6.29. The summed E-state index contributed by atoms with van der Waals surface area (Å²) >= 11 is 1.25. The van der Waals surface area contributed by atoms with Gasteiger partial charge in [0.15, 0.2) is 0 Å². The highest BCUT2D eigenvalue weighted by Gasteiger charge is 2.33. The Morgan fingerprint density at radius 2 is 1.89 bits per heavy atom. The number of piperidine rings is 1. The number of benzene rings is 1.